The quantitative estimate of drug-likeness (QED) is 0.883. The van der Waals surface area contributed by atoms with Crippen LogP contribution in [0.5, 0.6) is 0 Å². The van der Waals surface area contributed by atoms with E-state index in [0.29, 0.717) is 6.04 Å². The fourth-order valence-electron chi connectivity index (χ4n) is 2.11. The summed E-state index contributed by atoms with van der Waals surface area (Å²) in [7, 11) is 4.11. The first kappa shape index (κ1) is 14.4. The fraction of sp³-hybridized carbons (Fsp3) is 0.333. The highest BCUT2D eigenvalue weighted by molar-refractivity contribution is 7.16. The minimum absolute atomic E-state index is 0.338. The number of thiophene rings is 1. The van der Waals surface area contributed by atoms with Gasteiger partial charge in [-0.25, -0.2) is 0 Å². The van der Waals surface area contributed by atoms with E-state index in [0.717, 1.165) is 10.9 Å². The molecule has 102 valence electrons. The molecule has 2 rings (SSSR count). The summed E-state index contributed by atoms with van der Waals surface area (Å²) in [6.07, 6.45) is 0. The highest BCUT2D eigenvalue weighted by Crippen LogP contribution is 2.28. The standard InChI is InChI=1S/C15H19ClN2S/c1-11(17-2)13-6-4-5-7-14(13)18(3)10-12-8-9-15(16)19-12/h4-9,11,17H,10H2,1-3H3. The lowest BCUT2D eigenvalue weighted by molar-refractivity contribution is 0.650. The molecule has 0 bridgehead atoms. The number of hydrogen-bond donors (Lipinski definition) is 1. The Kier molecular flexibility index (Phi) is 4.86. The van der Waals surface area contributed by atoms with Gasteiger partial charge in [-0.1, -0.05) is 29.8 Å². The van der Waals surface area contributed by atoms with Crippen LogP contribution in [0.4, 0.5) is 5.69 Å². The third-order valence-corrected chi connectivity index (χ3v) is 4.49. The first-order chi connectivity index (χ1) is 9.11. The van der Waals surface area contributed by atoms with Crippen LogP contribution in [0, 0.1) is 0 Å². The van der Waals surface area contributed by atoms with Gasteiger partial charge >= 0.3 is 0 Å². The van der Waals surface area contributed by atoms with Crippen molar-refractivity contribution >= 4 is 28.6 Å². The normalized spacial score (nSPS) is 12.4. The van der Waals surface area contributed by atoms with E-state index < -0.39 is 0 Å². The lowest BCUT2D eigenvalue weighted by Gasteiger charge is -2.24. The Balaban J connectivity index is 2.21. The van der Waals surface area contributed by atoms with Crippen molar-refractivity contribution in [2.75, 3.05) is 19.0 Å². The molecular formula is C15H19ClN2S. The van der Waals surface area contributed by atoms with Crippen molar-refractivity contribution in [2.45, 2.75) is 19.5 Å². The zero-order valence-electron chi connectivity index (χ0n) is 11.5. The Hall–Kier alpha value is -1.03. The van der Waals surface area contributed by atoms with Gasteiger partial charge in [0.05, 0.1) is 10.9 Å². The van der Waals surface area contributed by atoms with E-state index in [9.17, 15) is 0 Å². The van der Waals surface area contributed by atoms with Crippen LogP contribution in [0.2, 0.25) is 4.34 Å². The molecule has 0 aliphatic rings. The smallest absolute Gasteiger partial charge is 0.0931 e. The molecule has 0 aliphatic heterocycles. The molecule has 0 radical (unpaired) electrons. The minimum Gasteiger partial charge on any atom is -0.369 e. The highest BCUT2D eigenvalue weighted by atomic mass is 35.5. The molecule has 1 aromatic heterocycles. The third kappa shape index (κ3) is 3.50. The van der Waals surface area contributed by atoms with Crippen molar-refractivity contribution < 1.29 is 0 Å². The lowest BCUT2D eigenvalue weighted by atomic mass is 10.1. The van der Waals surface area contributed by atoms with Gasteiger partial charge in [-0.2, -0.15) is 0 Å². The molecule has 0 saturated heterocycles. The molecule has 0 fully saturated rings. The second-order valence-electron chi connectivity index (χ2n) is 4.63. The maximum absolute atomic E-state index is 5.98. The fourth-order valence-corrected chi connectivity index (χ4v) is 3.25. The molecule has 0 spiro atoms. The van der Waals surface area contributed by atoms with Gasteiger partial charge in [0.2, 0.25) is 0 Å². The van der Waals surface area contributed by atoms with E-state index in [-0.39, 0.29) is 0 Å². The third-order valence-electron chi connectivity index (χ3n) is 3.27. The molecule has 1 N–H and O–H groups in total. The van der Waals surface area contributed by atoms with Gasteiger partial charge in [0.15, 0.2) is 0 Å². The highest BCUT2D eigenvalue weighted by Gasteiger charge is 2.12. The molecule has 2 nitrogen and oxygen atoms in total. The number of halogens is 1. The number of rotatable bonds is 5. The number of hydrogen-bond acceptors (Lipinski definition) is 3. The Labute approximate surface area is 124 Å². The molecule has 19 heavy (non-hydrogen) atoms. The largest absolute Gasteiger partial charge is 0.369 e. The summed E-state index contributed by atoms with van der Waals surface area (Å²) in [6.45, 7) is 3.06. The molecule has 1 unspecified atom stereocenters. The molecular weight excluding hydrogens is 276 g/mol. The lowest BCUT2D eigenvalue weighted by Crippen LogP contribution is -2.21. The van der Waals surface area contributed by atoms with Gasteiger partial charge in [-0.15, -0.1) is 11.3 Å². The molecule has 0 saturated carbocycles. The van der Waals surface area contributed by atoms with E-state index in [4.69, 9.17) is 11.6 Å². The predicted molar refractivity (Wildman–Crippen MR) is 85.4 cm³/mol. The van der Waals surface area contributed by atoms with Crippen LogP contribution < -0.4 is 10.2 Å². The maximum Gasteiger partial charge on any atom is 0.0931 e. The number of nitrogens with zero attached hydrogens (tertiary/aromatic N) is 1. The second-order valence-corrected chi connectivity index (χ2v) is 6.43. The summed E-state index contributed by atoms with van der Waals surface area (Å²) in [5.41, 5.74) is 2.57. The van der Waals surface area contributed by atoms with Crippen LogP contribution in [-0.4, -0.2) is 14.1 Å². The predicted octanol–water partition coefficient (Wildman–Crippen LogP) is 4.32. The van der Waals surface area contributed by atoms with Crippen LogP contribution in [0.1, 0.15) is 23.4 Å². The van der Waals surface area contributed by atoms with E-state index in [1.807, 2.05) is 13.1 Å². The van der Waals surface area contributed by atoms with Crippen molar-refractivity contribution in [3.8, 4) is 0 Å². The number of para-hydroxylation sites is 1. The summed E-state index contributed by atoms with van der Waals surface area (Å²) in [5, 5.41) is 3.30. The van der Waals surface area contributed by atoms with Crippen molar-refractivity contribution in [1.82, 2.24) is 5.32 Å². The Morgan fingerprint density at radius 2 is 2.00 bits per heavy atom. The zero-order valence-corrected chi connectivity index (χ0v) is 13.1. The Morgan fingerprint density at radius 1 is 1.26 bits per heavy atom. The van der Waals surface area contributed by atoms with Gasteiger partial charge in [-0.05, 0) is 37.7 Å². The van der Waals surface area contributed by atoms with Gasteiger partial charge in [0.25, 0.3) is 0 Å². The van der Waals surface area contributed by atoms with Gasteiger partial charge < -0.3 is 10.2 Å². The second kappa shape index (κ2) is 6.42. The average molecular weight is 295 g/mol. The van der Waals surface area contributed by atoms with Crippen molar-refractivity contribution in [3.05, 3.63) is 51.2 Å². The summed E-state index contributed by atoms with van der Waals surface area (Å²) in [4.78, 5) is 3.55. The first-order valence-electron chi connectivity index (χ1n) is 6.33. The topological polar surface area (TPSA) is 15.3 Å². The van der Waals surface area contributed by atoms with Crippen LogP contribution in [0.15, 0.2) is 36.4 Å². The molecule has 2 aromatic rings. The SMILES string of the molecule is CNC(C)c1ccccc1N(C)Cc1ccc(Cl)s1. The van der Waals surface area contributed by atoms with Crippen LogP contribution >= 0.6 is 22.9 Å². The summed E-state index contributed by atoms with van der Waals surface area (Å²) < 4.78 is 0.847. The molecule has 1 heterocycles. The summed E-state index contributed by atoms with van der Waals surface area (Å²) in [6, 6.07) is 12.9. The maximum atomic E-state index is 5.98. The zero-order chi connectivity index (χ0) is 13.8. The van der Waals surface area contributed by atoms with E-state index in [1.54, 1.807) is 11.3 Å². The van der Waals surface area contributed by atoms with E-state index in [1.165, 1.54) is 16.1 Å². The molecule has 1 atom stereocenters. The van der Waals surface area contributed by atoms with E-state index in [2.05, 4.69) is 54.5 Å². The van der Waals surface area contributed by atoms with Crippen LogP contribution in [0.25, 0.3) is 0 Å². The first-order valence-corrected chi connectivity index (χ1v) is 7.53. The van der Waals surface area contributed by atoms with Crippen molar-refractivity contribution in [2.24, 2.45) is 0 Å². The average Bonchev–Trinajstić information content (AvgIpc) is 2.83. The van der Waals surface area contributed by atoms with E-state index >= 15 is 0 Å². The van der Waals surface area contributed by atoms with Crippen molar-refractivity contribution in [3.63, 3.8) is 0 Å². The Bertz CT molecular complexity index is 538. The van der Waals surface area contributed by atoms with Crippen molar-refractivity contribution in [1.29, 1.82) is 0 Å². The van der Waals surface area contributed by atoms with Crippen LogP contribution in [-0.2, 0) is 6.54 Å². The number of anilines is 1. The number of nitrogens with one attached hydrogen (secondary N) is 1. The monoisotopic (exact) mass is 294 g/mol. The molecule has 4 heteroatoms. The molecule has 0 amide bonds. The van der Waals surface area contributed by atoms with Gasteiger partial charge in [0, 0.05) is 23.7 Å². The summed E-state index contributed by atoms with van der Waals surface area (Å²) >= 11 is 7.62. The molecule has 1 aromatic carbocycles. The van der Waals surface area contributed by atoms with Gasteiger partial charge in [-0.3, -0.25) is 0 Å². The molecule has 0 aliphatic carbocycles. The number of benzene rings is 1. The Morgan fingerprint density at radius 3 is 2.63 bits per heavy atom. The summed E-state index contributed by atoms with van der Waals surface area (Å²) in [5.74, 6) is 0. The van der Waals surface area contributed by atoms with Crippen LogP contribution in [0.3, 0.4) is 0 Å². The minimum atomic E-state index is 0.338. The van der Waals surface area contributed by atoms with Gasteiger partial charge in [0.1, 0.15) is 0 Å².